The third-order valence-corrected chi connectivity index (χ3v) is 8.64. The van der Waals surface area contributed by atoms with Gasteiger partial charge in [0.2, 0.25) is 10.0 Å². The molecule has 40 heavy (non-hydrogen) atoms. The van der Waals surface area contributed by atoms with Crippen LogP contribution in [0.4, 0.5) is 0 Å². The largest absolute Gasteiger partial charge is 0.387 e. The van der Waals surface area contributed by atoms with Gasteiger partial charge in [-0.1, -0.05) is 84.4 Å². The number of carbonyl (C=O) groups is 1. The van der Waals surface area contributed by atoms with E-state index in [0.717, 1.165) is 36.0 Å². The summed E-state index contributed by atoms with van der Waals surface area (Å²) in [7, 11) is -3.81. The average Bonchev–Trinajstić information content (AvgIpc) is 2.95. The molecule has 0 fully saturated rings. The lowest BCUT2D eigenvalue weighted by atomic mass is 9.86. The first-order valence-corrected chi connectivity index (χ1v) is 15.3. The number of amides is 1. The summed E-state index contributed by atoms with van der Waals surface area (Å²) in [6.07, 6.45) is 2.17. The van der Waals surface area contributed by atoms with Crippen LogP contribution in [0.3, 0.4) is 0 Å². The molecule has 1 amide bonds. The quantitative estimate of drug-likeness (QED) is 0.247. The van der Waals surface area contributed by atoms with Crippen LogP contribution in [-0.4, -0.2) is 32.0 Å². The molecule has 0 saturated heterocycles. The lowest BCUT2D eigenvalue weighted by Crippen LogP contribution is -2.37. The molecule has 206 valence electrons. The molecule has 1 aliphatic carbocycles. The van der Waals surface area contributed by atoms with Gasteiger partial charge in [0.05, 0.1) is 11.9 Å². The van der Waals surface area contributed by atoms with E-state index in [1.54, 1.807) is 48.5 Å². The molecule has 0 radical (unpaired) electrons. The molecule has 0 bridgehead atoms. The number of nitrogens with one attached hydrogen (secondary N) is 2. The molecule has 3 N–H and O–H groups in total. The fraction of sp³-hybridized carbons (Fsp3) is 0.219. The number of hydrogen-bond acceptors (Lipinski definition) is 5. The van der Waals surface area contributed by atoms with Crippen molar-refractivity contribution >= 4 is 27.5 Å². The highest BCUT2D eigenvalue weighted by Crippen LogP contribution is 2.28. The Balaban J connectivity index is 1.20. The SMILES string of the molecule is O=C(NS(=O)(=O)Cc1ccccc1)c1ccc(-c2ccc3c(c2)C[C@@H](NC[C@H](O)c2cccc(Cl)c2)CC3)cc1. The number of aliphatic hydroxyl groups is 1. The summed E-state index contributed by atoms with van der Waals surface area (Å²) in [4.78, 5) is 12.6. The van der Waals surface area contributed by atoms with Crippen molar-refractivity contribution in [3.8, 4) is 11.1 Å². The van der Waals surface area contributed by atoms with Crippen LogP contribution in [0.15, 0.2) is 97.1 Å². The van der Waals surface area contributed by atoms with Crippen molar-refractivity contribution < 1.29 is 18.3 Å². The second-order valence-corrected chi connectivity index (χ2v) is 12.3. The first kappa shape index (κ1) is 28.1. The van der Waals surface area contributed by atoms with E-state index in [1.807, 2.05) is 30.3 Å². The van der Waals surface area contributed by atoms with E-state index in [1.165, 1.54) is 11.1 Å². The van der Waals surface area contributed by atoms with Crippen molar-refractivity contribution in [1.29, 1.82) is 0 Å². The summed E-state index contributed by atoms with van der Waals surface area (Å²) in [6, 6.07) is 29.6. The second kappa shape index (κ2) is 12.4. The van der Waals surface area contributed by atoms with Gasteiger partial charge >= 0.3 is 0 Å². The summed E-state index contributed by atoms with van der Waals surface area (Å²) in [5.41, 5.74) is 6.23. The fourth-order valence-electron chi connectivity index (χ4n) is 5.06. The van der Waals surface area contributed by atoms with Crippen LogP contribution in [0.2, 0.25) is 5.02 Å². The molecule has 5 rings (SSSR count). The highest BCUT2D eigenvalue weighted by molar-refractivity contribution is 7.89. The van der Waals surface area contributed by atoms with Crippen LogP contribution < -0.4 is 10.0 Å². The van der Waals surface area contributed by atoms with Crippen molar-refractivity contribution in [2.45, 2.75) is 37.2 Å². The van der Waals surface area contributed by atoms with Crippen molar-refractivity contribution in [1.82, 2.24) is 10.0 Å². The van der Waals surface area contributed by atoms with Gasteiger partial charge in [-0.3, -0.25) is 4.79 Å². The Morgan fingerprint density at radius 2 is 1.65 bits per heavy atom. The zero-order chi connectivity index (χ0) is 28.1. The van der Waals surface area contributed by atoms with E-state index in [0.29, 0.717) is 17.1 Å². The molecule has 1 aliphatic rings. The Morgan fingerprint density at radius 3 is 2.40 bits per heavy atom. The van der Waals surface area contributed by atoms with Gasteiger partial charge in [-0.2, -0.15) is 0 Å². The van der Waals surface area contributed by atoms with Gasteiger partial charge in [-0.25, -0.2) is 13.1 Å². The molecular weight excluding hydrogens is 544 g/mol. The molecule has 0 spiro atoms. The monoisotopic (exact) mass is 574 g/mol. The van der Waals surface area contributed by atoms with Crippen molar-refractivity contribution in [2.24, 2.45) is 0 Å². The minimum absolute atomic E-state index is 0.250. The highest BCUT2D eigenvalue weighted by Gasteiger charge is 2.21. The van der Waals surface area contributed by atoms with Gasteiger partial charge in [0, 0.05) is 23.2 Å². The smallest absolute Gasteiger partial charge is 0.264 e. The van der Waals surface area contributed by atoms with Gasteiger partial charge < -0.3 is 10.4 Å². The van der Waals surface area contributed by atoms with Crippen LogP contribution in [0, 0.1) is 0 Å². The molecular formula is C32H31ClN2O4S. The Kier molecular flexibility index (Phi) is 8.66. The first-order chi connectivity index (χ1) is 19.3. The number of aliphatic hydroxyl groups excluding tert-OH is 1. The number of rotatable bonds is 9. The molecule has 2 atom stereocenters. The van der Waals surface area contributed by atoms with Crippen molar-refractivity contribution in [2.75, 3.05) is 6.54 Å². The van der Waals surface area contributed by atoms with E-state index >= 15 is 0 Å². The van der Waals surface area contributed by atoms with Gasteiger partial charge in [-0.15, -0.1) is 0 Å². The Labute approximate surface area is 240 Å². The Hall–Kier alpha value is -3.49. The number of aryl methyl sites for hydroxylation is 1. The van der Waals surface area contributed by atoms with E-state index in [-0.39, 0.29) is 17.4 Å². The number of sulfonamides is 1. The number of carbonyl (C=O) groups excluding carboxylic acids is 1. The molecule has 0 saturated carbocycles. The summed E-state index contributed by atoms with van der Waals surface area (Å²) in [6.45, 7) is 0.449. The average molecular weight is 575 g/mol. The normalized spacial score (nSPS) is 15.7. The summed E-state index contributed by atoms with van der Waals surface area (Å²) < 4.78 is 27.1. The molecule has 0 aromatic heterocycles. The summed E-state index contributed by atoms with van der Waals surface area (Å²) in [5.74, 6) is -0.913. The van der Waals surface area contributed by atoms with Crippen molar-refractivity contribution in [3.05, 3.63) is 130 Å². The van der Waals surface area contributed by atoms with Crippen LogP contribution in [0.5, 0.6) is 0 Å². The van der Waals surface area contributed by atoms with Gasteiger partial charge in [-0.05, 0) is 76.9 Å². The van der Waals surface area contributed by atoms with Crippen LogP contribution in [0.1, 0.15) is 45.1 Å². The number of hydrogen-bond donors (Lipinski definition) is 3. The zero-order valence-corrected chi connectivity index (χ0v) is 23.5. The summed E-state index contributed by atoms with van der Waals surface area (Å²) >= 11 is 6.06. The predicted molar refractivity (Wildman–Crippen MR) is 159 cm³/mol. The second-order valence-electron chi connectivity index (χ2n) is 10.2. The van der Waals surface area contributed by atoms with E-state index in [4.69, 9.17) is 11.6 Å². The Bertz CT molecular complexity index is 1590. The lowest BCUT2D eigenvalue weighted by Gasteiger charge is -2.27. The molecule has 0 heterocycles. The fourth-order valence-corrected chi connectivity index (χ4v) is 6.37. The Morgan fingerprint density at radius 1 is 0.900 bits per heavy atom. The lowest BCUT2D eigenvalue weighted by molar-refractivity contribution is 0.0981. The molecule has 0 unspecified atom stereocenters. The third-order valence-electron chi connectivity index (χ3n) is 7.20. The topological polar surface area (TPSA) is 95.5 Å². The van der Waals surface area contributed by atoms with Crippen LogP contribution >= 0.6 is 11.6 Å². The van der Waals surface area contributed by atoms with Gasteiger partial charge in [0.15, 0.2) is 0 Å². The first-order valence-electron chi connectivity index (χ1n) is 13.2. The maximum atomic E-state index is 12.6. The molecule has 8 heteroatoms. The molecule has 6 nitrogen and oxygen atoms in total. The predicted octanol–water partition coefficient (Wildman–Crippen LogP) is 5.45. The van der Waals surface area contributed by atoms with Crippen LogP contribution in [-0.2, 0) is 28.6 Å². The standard InChI is InChI=1S/C32H31ClN2O4S/c33-29-8-4-7-27(18-29)31(36)20-34-30-16-15-24-11-14-26(17-28(24)19-30)23-9-12-25(13-10-23)32(37)35-40(38,39)21-22-5-2-1-3-6-22/h1-14,17-18,30-31,34,36H,15-16,19-21H2,(H,35,37)/t30-,31-/m0/s1. The van der Waals surface area contributed by atoms with E-state index in [2.05, 4.69) is 28.2 Å². The zero-order valence-electron chi connectivity index (χ0n) is 21.9. The van der Waals surface area contributed by atoms with Gasteiger partial charge in [0.1, 0.15) is 0 Å². The van der Waals surface area contributed by atoms with Gasteiger partial charge in [0.25, 0.3) is 5.91 Å². The van der Waals surface area contributed by atoms with E-state index in [9.17, 15) is 18.3 Å². The molecule has 4 aromatic rings. The minimum Gasteiger partial charge on any atom is -0.387 e. The molecule has 0 aliphatic heterocycles. The highest BCUT2D eigenvalue weighted by atomic mass is 35.5. The van der Waals surface area contributed by atoms with Crippen LogP contribution in [0.25, 0.3) is 11.1 Å². The van der Waals surface area contributed by atoms with E-state index < -0.39 is 22.0 Å². The number of halogens is 1. The number of benzene rings is 4. The van der Waals surface area contributed by atoms with Crippen molar-refractivity contribution in [3.63, 3.8) is 0 Å². The summed E-state index contributed by atoms with van der Waals surface area (Å²) in [5, 5.41) is 14.7. The maximum Gasteiger partial charge on any atom is 0.264 e. The minimum atomic E-state index is -3.81. The molecule has 4 aromatic carbocycles. The maximum absolute atomic E-state index is 12.6. The number of fused-ring (bicyclic) bond motifs is 1. The third kappa shape index (κ3) is 7.17.